The minimum Gasteiger partial charge on any atom is -0.506 e. The molecule has 23 heavy (non-hydrogen) atoms. The number of hydrazone groups is 1. The maximum absolute atomic E-state index is 11.7. The molecule has 0 saturated carbocycles. The molecule has 0 aliphatic rings. The van der Waals surface area contributed by atoms with Crippen molar-refractivity contribution in [2.75, 3.05) is 0 Å². The van der Waals surface area contributed by atoms with Crippen molar-refractivity contribution in [1.29, 1.82) is 0 Å². The van der Waals surface area contributed by atoms with Crippen LogP contribution in [0.25, 0.3) is 0 Å². The number of phenolic OH excluding ortho intramolecular Hbond substituents is 1. The number of rotatable bonds is 4. The average Bonchev–Trinajstić information content (AvgIpc) is 2.47. The Hall–Kier alpha value is -2.27. The molecule has 2 aromatic rings. The van der Waals surface area contributed by atoms with Gasteiger partial charge in [0.25, 0.3) is 5.56 Å². The molecule has 120 valence electrons. The first-order valence-electron chi connectivity index (χ1n) is 6.04. The number of hydrogen-bond donors (Lipinski definition) is 4. The molecular weight excluding hydrogens is 438 g/mol. The molecule has 1 amide bonds. The van der Waals surface area contributed by atoms with E-state index in [1.807, 2.05) is 10.1 Å². The van der Waals surface area contributed by atoms with Crippen LogP contribution in [0.2, 0.25) is 0 Å². The zero-order valence-electron chi connectivity index (χ0n) is 11.3. The second-order valence-corrected chi connectivity index (χ2v) is 5.97. The second kappa shape index (κ2) is 7.33. The normalized spacial score (nSPS) is 10.9. The summed E-state index contributed by atoms with van der Waals surface area (Å²) in [6.07, 6.45) is 1.02. The maximum Gasteiger partial charge on any atom is 0.342 e. The number of aromatic nitrogens is 3. The summed E-state index contributed by atoms with van der Waals surface area (Å²) in [5, 5.41) is 18.8. The minimum absolute atomic E-state index is 0.0505. The number of nitrogens with one attached hydrogen (secondary N) is 3. The number of phenols is 1. The fraction of sp³-hybridized carbons (Fsp3) is 0.0833. The fourth-order valence-corrected chi connectivity index (χ4v) is 2.74. The van der Waals surface area contributed by atoms with E-state index in [2.05, 4.69) is 47.5 Å². The number of H-pyrrole nitrogens is 2. The van der Waals surface area contributed by atoms with Crippen molar-refractivity contribution in [2.24, 2.45) is 5.10 Å². The fourth-order valence-electron chi connectivity index (χ4n) is 1.52. The van der Waals surface area contributed by atoms with Gasteiger partial charge in [0.2, 0.25) is 5.91 Å². The van der Waals surface area contributed by atoms with E-state index in [-0.39, 0.29) is 17.9 Å². The Morgan fingerprint density at radius 1 is 1.35 bits per heavy atom. The third-order valence-corrected chi connectivity index (χ3v) is 3.76. The van der Waals surface area contributed by atoms with Crippen molar-refractivity contribution in [3.8, 4) is 5.75 Å². The lowest BCUT2D eigenvalue weighted by molar-refractivity contribution is -0.120. The molecule has 0 aliphatic carbocycles. The average molecular weight is 447 g/mol. The summed E-state index contributed by atoms with van der Waals surface area (Å²) in [5.74, 6) is -0.530. The summed E-state index contributed by atoms with van der Waals surface area (Å²) >= 11 is 6.34. The van der Waals surface area contributed by atoms with E-state index in [0.717, 1.165) is 0 Å². The molecule has 0 radical (unpaired) electrons. The Morgan fingerprint density at radius 2 is 2.00 bits per heavy atom. The quantitative estimate of drug-likeness (QED) is 0.397. The van der Waals surface area contributed by atoms with Gasteiger partial charge in [0.05, 0.1) is 21.6 Å². The smallest absolute Gasteiger partial charge is 0.342 e. The third-order valence-electron chi connectivity index (χ3n) is 2.55. The first kappa shape index (κ1) is 17.1. The molecule has 11 heteroatoms. The predicted octanol–water partition coefficient (Wildman–Crippen LogP) is 0.382. The van der Waals surface area contributed by atoms with E-state index in [1.165, 1.54) is 6.21 Å². The van der Waals surface area contributed by atoms with Crippen molar-refractivity contribution in [1.82, 2.24) is 20.6 Å². The first-order chi connectivity index (χ1) is 10.9. The molecule has 0 unspecified atom stereocenters. The molecule has 1 aromatic heterocycles. The lowest BCUT2D eigenvalue weighted by Gasteiger charge is -2.02. The van der Waals surface area contributed by atoms with Gasteiger partial charge in [-0.15, -0.1) is 0 Å². The summed E-state index contributed by atoms with van der Waals surface area (Å²) in [6.45, 7) is 0. The van der Waals surface area contributed by atoms with Crippen LogP contribution in [0.1, 0.15) is 11.3 Å². The van der Waals surface area contributed by atoms with Crippen molar-refractivity contribution in [3.63, 3.8) is 0 Å². The molecule has 1 aromatic carbocycles. The van der Waals surface area contributed by atoms with Crippen LogP contribution in [-0.2, 0) is 11.2 Å². The zero-order valence-corrected chi connectivity index (χ0v) is 14.4. The number of halogens is 2. The number of carbonyl (C=O) groups excluding carboxylic acids is 1. The molecule has 0 atom stereocenters. The highest BCUT2D eigenvalue weighted by Crippen LogP contribution is 2.32. The SMILES string of the molecule is O=C(Cc1n[nH]c(=O)[nH]c1=O)NN=Cc1cc(Br)c(O)c(Br)c1. The summed E-state index contributed by atoms with van der Waals surface area (Å²) < 4.78 is 0.923. The molecular formula is C12H9Br2N5O4. The maximum atomic E-state index is 11.7. The lowest BCUT2D eigenvalue weighted by Crippen LogP contribution is -2.31. The van der Waals surface area contributed by atoms with Gasteiger partial charge in [-0.3, -0.25) is 14.6 Å². The standard InChI is InChI=1S/C12H9Br2N5O4/c13-6-1-5(2-7(14)10(6)21)4-15-18-9(20)3-8-11(22)16-12(23)19-17-8/h1-2,4,21H,3H2,(H,18,20)(H2,16,19,22,23). The Kier molecular flexibility index (Phi) is 5.45. The van der Waals surface area contributed by atoms with Gasteiger partial charge in [-0.2, -0.15) is 10.2 Å². The number of aromatic hydroxyl groups is 1. The zero-order chi connectivity index (χ0) is 17.0. The molecule has 0 bridgehead atoms. The van der Waals surface area contributed by atoms with Crippen molar-refractivity contribution in [3.05, 3.63) is 53.2 Å². The van der Waals surface area contributed by atoms with Crippen LogP contribution in [0.4, 0.5) is 0 Å². The molecule has 4 N–H and O–H groups in total. The van der Waals surface area contributed by atoms with E-state index >= 15 is 0 Å². The number of aromatic amines is 2. The molecule has 0 fully saturated rings. The Labute approximate surface area is 145 Å². The van der Waals surface area contributed by atoms with Gasteiger partial charge in [-0.25, -0.2) is 15.3 Å². The van der Waals surface area contributed by atoms with Crippen LogP contribution in [-0.4, -0.2) is 32.4 Å². The lowest BCUT2D eigenvalue weighted by atomic mass is 10.2. The van der Waals surface area contributed by atoms with E-state index in [4.69, 9.17) is 0 Å². The minimum atomic E-state index is -0.749. The topological polar surface area (TPSA) is 140 Å². The highest BCUT2D eigenvalue weighted by molar-refractivity contribution is 9.11. The number of carbonyl (C=O) groups is 1. The Morgan fingerprint density at radius 3 is 2.61 bits per heavy atom. The summed E-state index contributed by atoms with van der Waals surface area (Å²) in [6, 6.07) is 3.20. The summed E-state index contributed by atoms with van der Waals surface area (Å²) in [5.41, 5.74) is 1.22. The van der Waals surface area contributed by atoms with Gasteiger partial charge in [0, 0.05) is 0 Å². The molecule has 9 nitrogen and oxygen atoms in total. The highest BCUT2D eigenvalue weighted by atomic mass is 79.9. The largest absolute Gasteiger partial charge is 0.506 e. The van der Waals surface area contributed by atoms with Gasteiger partial charge in [0.15, 0.2) is 0 Å². The van der Waals surface area contributed by atoms with Crippen LogP contribution in [0, 0.1) is 0 Å². The van der Waals surface area contributed by atoms with Crippen LogP contribution in [0.15, 0.2) is 35.8 Å². The molecule has 0 aliphatic heterocycles. The molecule has 0 spiro atoms. The Balaban J connectivity index is 2.01. The van der Waals surface area contributed by atoms with Crippen molar-refractivity contribution >= 4 is 44.0 Å². The molecule has 2 rings (SSSR count). The van der Waals surface area contributed by atoms with Crippen LogP contribution >= 0.6 is 31.9 Å². The summed E-state index contributed by atoms with van der Waals surface area (Å²) in [7, 11) is 0. The highest BCUT2D eigenvalue weighted by Gasteiger charge is 2.09. The monoisotopic (exact) mass is 445 g/mol. The summed E-state index contributed by atoms with van der Waals surface area (Å²) in [4.78, 5) is 35.8. The second-order valence-electron chi connectivity index (χ2n) is 4.26. The number of amides is 1. The van der Waals surface area contributed by atoms with Crippen LogP contribution < -0.4 is 16.7 Å². The number of nitrogens with zero attached hydrogens (tertiary/aromatic N) is 2. The van der Waals surface area contributed by atoms with Crippen molar-refractivity contribution in [2.45, 2.75) is 6.42 Å². The van der Waals surface area contributed by atoms with Gasteiger partial charge < -0.3 is 5.11 Å². The molecule has 0 saturated heterocycles. The predicted molar refractivity (Wildman–Crippen MR) is 88.4 cm³/mol. The van der Waals surface area contributed by atoms with Crippen LogP contribution in [0.5, 0.6) is 5.75 Å². The Bertz CT molecular complexity index is 867. The number of hydrogen-bond acceptors (Lipinski definition) is 6. The van der Waals surface area contributed by atoms with E-state index in [1.54, 1.807) is 12.1 Å². The van der Waals surface area contributed by atoms with Crippen molar-refractivity contribution < 1.29 is 9.90 Å². The van der Waals surface area contributed by atoms with Gasteiger partial charge in [-0.1, -0.05) is 0 Å². The van der Waals surface area contributed by atoms with Gasteiger partial charge in [-0.05, 0) is 49.6 Å². The third kappa shape index (κ3) is 4.60. The van der Waals surface area contributed by atoms with E-state index in [0.29, 0.717) is 14.5 Å². The van der Waals surface area contributed by atoms with Gasteiger partial charge >= 0.3 is 5.69 Å². The van der Waals surface area contributed by atoms with Crippen LogP contribution in [0.3, 0.4) is 0 Å². The molecule has 1 heterocycles. The first-order valence-corrected chi connectivity index (χ1v) is 7.63. The van der Waals surface area contributed by atoms with E-state index in [9.17, 15) is 19.5 Å². The van der Waals surface area contributed by atoms with Gasteiger partial charge in [0.1, 0.15) is 11.4 Å². The van der Waals surface area contributed by atoms with E-state index < -0.39 is 17.2 Å². The number of benzene rings is 1.